The average molecular weight is 358 g/mol. The van der Waals surface area contributed by atoms with Crippen LogP contribution in [0.2, 0.25) is 0 Å². The Balaban J connectivity index is 1.49. The molecule has 4 aliphatic rings. The van der Waals surface area contributed by atoms with Gasteiger partial charge in [0, 0.05) is 0 Å². The third-order valence-corrected chi connectivity index (χ3v) is 7.96. The van der Waals surface area contributed by atoms with Crippen molar-refractivity contribution in [3.8, 4) is 0 Å². The van der Waals surface area contributed by atoms with Crippen molar-refractivity contribution < 1.29 is 14.3 Å². The SMILES string of the molecule is O=C1OC(=O)[C@]23Cc4ccccc4C[C@]12C[C@@H]1Cc2ccccc2C[C@H]1C3. The van der Waals surface area contributed by atoms with E-state index in [0.29, 0.717) is 24.7 Å². The quantitative estimate of drug-likeness (QED) is 0.533. The van der Waals surface area contributed by atoms with Crippen LogP contribution in [0, 0.1) is 22.7 Å². The van der Waals surface area contributed by atoms with Crippen LogP contribution >= 0.6 is 0 Å². The number of esters is 2. The summed E-state index contributed by atoms with van der Waals surface area (Å²) in [6.45, 7) is 0. The second-order valence-electron chi connectivity index (χ2n) is 9.07. The zero-order valence-electron chi connectivity index (χ0n) is 15.2. The Morgan fingerprint density at radius 1 is 0.667 bits per heavy atom. The van der Waals surface area contributed by atoms with Crippen molar-refractivity contribution in [1.29, 1.82) is 0 Å². The molecule has 2 aromatic carbocycles. The predicted octanol–water partition coefficient (Wildman–Crippen LogP) is 3.67. The van der Waals surface area contributed by atoms with Gasteiger partial charge in [0.05, 0.1) is 10.8 Å². The summed E-state index contributed by atoms with van der Waals surface area (Å²) in [7, 11) is 0. The molecular weight excluding hydrogens is 336 g/mol. The van der Waals surface area contributed by atoms with E-state index >= 15 is 0 Å². The highest BCUT2D eigenvalue weighted by atomic mass is 16.6. The largest absolute Gasteiger partial charge is 0.392 e. The lowest BCUT2D eigenvalue weighted by Gasteiger charge is -2.54. The van der Waals surface area contributed by atoms with Crippen molar-refractivity contribution >= 4 is 11.9 Å². The third kappa shape index (κ3) is 1.87. The van der Waals surface area contributed by atoms with E-state index in [2.05, 4.69) is 36.4 Å². The average Bonchev–Trinajstić information content (AvgIpc) is 2.88. The first-order chi connectivity index (χ1) is 13.1. The summed E-state index contributed by atoms with van der Waals surface area (Å²) in [5, 5.41) is 0. The van der Waals surface area contributed by atoms with E-state index in [9.17, 15) is 9.59 Å². The van der Waals surface area contributed by atoms with Gasteiger partial charge in [-0.1, -0.05) is 48.5 Å². The molecule has 0 aromatic heterocycles. The molecule has 1 heterocycles. The first kappa shape index (κ1) is 15.6. The molecule has 0 N–H and O–H groups in total. The fraction of sp³-hybridized carbons (Fsp3) is 0.417. The zero-order chi connectivity index (χ0) is 18.2. The van der Waals surface area contributed by atoms with Gasteiger partial charge in [-0.3, -0.25) is 9.59 Å². The van der Waals surface area contributed by atoms with E-state index < -0.39 is 10.8 Å². The molecule has 136 valence electrons. The summed E-state index contributed by atoms with van der Waals surface area (Å²) in [5.41, 5.74) is 3.94. The van der Waals surface area contributed by atoms with Gasteiger partial charge in [-0.15, -0.1) is 0 Å². The van der Waals surface area contributed by atoms with Gasteiger partial charge in [0.2, 0.25) is 0 Å². The van der Waals surface area contributed by atoms with E-state index in [1.54, 1.807) is 0 Å². The summed E-state index contributed by atoms with van der Waals surface area (Å²) in [4.78, 5) is 26.1. The number of carbonyl (C=O) groups is 2. The van der Waals surface area contributed by atoms with Crippen LogP contribution in [-0.2, 0) is 40.0 Å². The molecule has 0 bridgehead atoms. The number of carbonyl (C=O) groups excluding carboxylic acids is 2. The maximum atomic E-state index is 13.1. The lowest BCUT2D eigenvalue weighted by Crippen LogP contribution is -2.57. The van der Waals surface area contributed by atoms with Crippen LogP contribution in [0.3, 0.4) is 0 Å². The lowest BCUT2D eigenvalue weighted by atomic mass is 9.45. The minimum Gasteiger partial charge on any atom is -0.392 e. The number of hydrogen-bond donors (Lipinski definition) is 0. The van der Waals surface area contributed by atoms with Crippen molar-refractivity contribution in [2.45, 2.75) is 38.5 Å². The number of rotatable bonds is 0. The molecule has 1 saturated carbocycles. The number of cyclic esters (lactones) is 2. The summed E-state index contributed by atoms with van der Waals surface area (Å²) in [6, 6.07) is 17.0. The molecule has 1 saturated heterocycles. The monoisotopic (exact) mass is 358 g/mol. The van der Waals surface area contributed by atoms with Crippen LogP contribution in [-0.4, -0.2) is 11.9 Å². The Morgan fingerprint density at radius 3 is 1.52 bits per heavy atom. The predicted molar refractivity (Wildman–Crippen MR) is 99.9 cm³/mol. The maximum Gasteiger partial charge on any atom is 0.321 e. The van der Waals surface area contributed by atoms with E-state index in [1.165, 1.54) is 22.3 Å². The summed E-state index contributed by atoms with van der Waals surface area (Å²) in [5.74, 6) is 0.382. The fourth-order valence-electron chi connectivity index (χ4n) is 6.63. The van der Waals surface area contributed by atoms with Crippen LogP contribution in [0.1, 0.15) is 35.1 Å². The van der Waals surface area contributed by atoms with Crippen molar-refractivity contribution in [2.24, 2.45) is 22.7 Å². The summed E-state index contributed by atoms with van der Waals surface area (Å²) >= 11 is 0. The van der Waals surface area contributed by atoms with Gasteiger partial charge in [-0.05, 0) is 72.6 Å². The topological polar surface area (TPSA) is 43.4 Å². The molecule has 2 fully saturated rings. The maximum absolute atomic E-state index is 13.1. The number of fused-ring (bicyclic) bond motifs is 3. The lowest BCUT2D eigenvalue weighted by molar-refractivity contribution is -0.155. The van der Waals surface area contributed by atoms with Gasteiger partial charge in [-0.2, -0.15) is 0 Å². The number of ether oxygens (including phenoxy) is 1. The van der Waals surface area contributed by atoms with Gasteiger partial charge in [0.1, 0.15) is 0 Å². The highest BCUT2D eigenvalue weighted by Gasteiger charge is 2.72. The molecular formula is C24H22O3. The van der Waals surface area contributed by atoms with Crippen molar-refractivity contribution in [3.05, 3.63) is 70.8 Å². The highest BCUT2D eigenvalue weighted by molar-refractivity contribution is 6.03. The van der Waals surface area contributed by atoms with Gasteiger partial charge in [0.15, 0.2) is 0 Å². The second kappa shape index (κ2) is 5.09. The van der Waals surface area contributed by atoms with Gasteiger partial charge >= 0.3 is 11.9 Å². The first-order valence-corrected chi connectivity index (χ1v) is 10.0. The Hall–Kier alpha value is -2.42. The molecule has 0 spiro atoms. The van der Waals surface area contributed by atoms with Gasteiger partial charge < -0.3 is 4.74 Å². The third-order valence-electron chi connectivity index (χ3n) is 7.96. The van der Waals surface area contributed by atoms with Gasteiger partial charge in [0.25, 0.3) is 0 Å². The second-order valence-corrected chi connectivity index (χ2v) is 9.07. The molecule has 0 amide bonds. The molecule has 1 aliphatic heterocycles. The summed E-state index contributed by atoms with van der Waals surface area (Å²) in [6.07, 6.45) is 4.90. The molecule has 0 unspecified atom stereocenters. The number of benzene rings is 2. The molecule has 6 rings (SSSR count). The Labute approximate surface area is 158 Å². The molecule has 2 aromatic rings. The molecule has 3 nitrogen and oxygen atoms in total. The van der Waals surface area contributed by atoms with Crippen molar-refractivity contribution in [1.82, 2.24) is 0 Å². The van der Waals surface area contributed by atoms with E-state index in [-0.39, 0.29) is 11.9 Å². The molecule has 4 atom stereocenters. The molecule has 27 heavy (non-hydrogen) atoms. The minimum atomic E-state index is -0.661. The van der Waals surface area contributed by atoms with Crippen molar-refractivity contribution in [2.75, 3.05) is 0 Å². The van der Waals surface area contributed by atoms with E-state index in [1.807, 2.05) is 12.1 Å². The van der Waals surface area contributed by atoms with E-state index in [4.69, 9.17) is 4.74 Å². The van der Waals surface area contributed by atoms with Crippen LogP contribution in [0.4, 0.5) is 0 Å². The van der Waals surface area contributed by atoms with Crippen LogP contribution < -0.4 is 0 Å². The van der Waals surface area contributed by atoms with Crippen LogP contribution in [0.25, 0.3) is 0 Å². The van der Waals surface area contributed by atoms with Crippen LogP contribution in [0.5, 0.6) is 0 Å². The number of hydrogen-bond acceptors (Lipinski definition) is 3. The normalized spacial score (nSPS) is 36.0. The Kier molecular flexibility index (Phi) is 2.95. The standard InChI is InChI=1S/C24H22O3/c25-21-23-11-17-7-3-4-8-18(17)12-24(23,22(26)27-21)14-20-10-16-6-2-1-5-15(16)9-19(20)13-23/h1-8,19-20H,9-14H2/t19-,20-,23-,24+/m0/s1. The molecule has 3 aliphatic carbocycles. The minimum absolute atomic E-state index is 0.265. The Bertz CT molecular complexity index is 915. The van der Waals surface area contributed by atoms with Crippen LogP contribution in [0.15, 0.2) is 48.5 Å². The summed E-state index contributed by atoms with van der Waals surface area (Å²) < 4.78 is 5.37. The van der Waals surface area contributed by atoms with Crippen molar-refractivity contribution in [3.63, 3.8) is 0 Å². The smallest absolute Gasteiger partial charge is 0.321 e. The Morgan fingerprint density at radius 2 is 1.07 bits per heavy atom. The first-order valence-electron chi connectivity index (χ1n) is 10.0. The molecule has 3 heteroatoms. The molecule has 0 radical (unpaired) electrons. The highest BCUT2D eigenvalue weighted by Crippen LogP contribution is 2.65. The fourth-order valence-corrected chi connectivity index (χ4v) is 6.63. The van der Waals surface area contributed by atoms with Gasteiger partial charge in [-0.25, -0.2) is 0 Å². The zero-order valence-corrected chi connectivity index (χ0v) is 15.2. The van der Waals surface area contributed by atoms with E-state index in [0.717, 1.165) is 25.7 Å².